The molecule has 1 aliphatic carbocycles. The molecule has 3 nitrogen and oxygen atoms in total. The van der Waals surface area contributed by atoms with Crippen molar-refractivity contribution in [3.63, 3.8) is 0 Å². The normalized spacial score (nSPS) is 38.7. The van der Waals surface area contributed by atoms with Crippen LogP contribution < -0.4 is 0 Å². The minimum absolute atomic E-state index is 0.0282. The van der Waals surface area contributed by atoms with Crippen molar-refractivity contribution >= 4 is 5.97 Å². The van der Waals surface area contributed by atoms with E-state index in [0.29, 0.717) is 11.7 Å². The quantitative estimate of drug-likeness (QED) is 0.286. The molecule has 0 N–H and O–H groups in total. The first-order valence-electron chi connectivity index (χ1n) is 8.79. The van der Waals surface area contributed by atoms with Gasteiger partial charge in [0.15, 0.2) is 0 Å². The summed E-state index contributed by atoms with van der Waals surface area (Å²) in [6.45, 7) is 10.5. The first kappa shape index (κ1) is 16.5. The zero-order valence-corrected chi connectivity index (χ0v) is 14.6. The first-order valence-corrected chi connectivity index (χ1v) is 8.79. The lowest BCUT2D eigenvalue weighted by Gasteiger charge is -2.17. The number of fused-ring (bicyclic) bond motifs is 2. The van der Waals surface area contributed by atoms with E-state index in [4.69, 9.17) is 9.47 Å². The molecule has 0 amide bonds. The van der Waals surface area contributed by atoms with Crippen molar-refractivity contribution in [2.75, 3.05) is 0 Å². The van der Waals surface area contributed by atoms with E-state index >= 15 is 0 Å². The van der Waals surface area contributed by atoms with Gasteiger partial charge in [-0.25, -0.2) is 4.79 Å². The van der Waals surface area contributed by atoms with Gasteiger partial charge >= 0.3 is 5.97 Å². The van der Waals surface area contributed by atoms with E-state index in [0.717, 1.165) is 38.5 Å². The van der Waals surface area contributed by atoms with E-state index in [1.165, 1.54) is 11.1 Å². The Kier molecular flexibility index (Phi) is 4.50. The van der Waals surface area contributed by atoms with Gasteiger partial charge in [0.2, 0.25) is 0 Å². The molecule has 3 aliphatic rings. The van der Waals surface area contributed by atoms with E-state index in [1.54, 1.807) is 0 Å². The van der Waals surface area contributed by atoms with E-state index in [9.17, 15) is 4.79 Å². The van der Waals surface area contributed by atoms with Crippen LogP contribution in [-0.4, -0.2) is 23.8 Å². The van der Waals surface area contributed by atoms with Crippen molar-refractivity contribution in [2.24, 2.45) is 5.92 Å². The van der Waals surface area contributed by atoms with E-state index in [-0.39, 0.29) is 23.6 Å². The van der Waals surface area contributed by atoms with Crippen LogP contribution >= 0.6 is 0 Å². The summed E-state index contributed by atoms with van der Waals surface area (Å²) in [5.41, 5.74) is 3.34. The van der Waals surface area contributed by atoms with Crippen LogP contribution in [0.5, 0.6) is 0 Å². The Hall–Kier alpha value is -1.35. The third kappa shape index (κ3) is 3.60. The second-order valence-corrected chi connectivity index (χ2v) is 7.60. The van der Waals surface area contributed by atoms with Crippen LogP contribution in [0.1, 0.15) is 59.3 Å². The third-order valence-electron chi connectivity index (χ3n) is 5.62. The average molecular weight is 316 g/mol. The van der Waals surface area contributed by atoms with Gasteiger partial charge in [0, 0.05) is 11.5 Å². The number of epoxide rings is 1. The largest absolute Gasteiger partial charge is 0.454 e. The number of allylic oxidation sites excluding steroid dienone is 3. The maximum Gasteiger partial charge on any atom is 0.334 e. The van der Waals surface area contributed by atoms with Crippen molar-refractivity contribution in [1.29, 1.82) is 0 Å². The lowest BCUT2D eigenvalue weighted by Crippen LogP contribution is -2.19. The van der Waals surface area contributed by atoms with Gasteiger partial charge in [-0.05, 0) is 65.4 Å². The second kappa shape index (κ2) is 6.27. The molecule has 2 saturated heterocycles. The number of esters is 1. The molecule has 3 heteroatoms. The minimum atomic E-state index is -0.234. The fraction of sp³-hybridized carbons (Fsp3) is 0.650. The molecule has 0 aromatic carbocycles. The predicted octanol–water partition coefficient (Wildman–Crippen LogP) is 4.49. The SMILES string of the molecule is C=C1C(=O)OC2C=C(C)CCC=C(C)CCC3OC3(C)CCC12. The molecule has 0 aromatic heterocycles. The fourth-order valence-electron chi connectivity index (χ4n) is 3.81. The lowest BCUT2D eigenvalue weighted by atomic mass is 9.86. The summed E-state index contributed by atoms with van der Waals surface area (Å²) in [6, 6.07) is 0. The van der Waals surface area contributed by atoms with Crippen molar-refractivity contribution in [3.05, 3.63) is 35.5 Å². The van der Waals surface area contributed by atoms with E-state index < -0.39 is 0 Å². The highest BCUT2D eigenvalue weighted by Gasteiger charge is 2.52. The molecule has 0 radical (unpaired) electrons. The number of hydrogen-bond acceptors (Lipinski definition) is 3. The summed E-state index contributed by atoms with van der Waals surface area (Å²) in [7, 11) is 0. The molecule has 0 saturated carbocycles. The topological polar surface area (TPSA) is 38.8 Å². The maximum atomic E-state index is 11.9. The van der Waals surface area contributed by atoms with Crippen molar-refractivity contribution in [3.8, 4) is 0 Å². The van der Waals surface area contributed by atoms with Gasteiger partial charge in [-0.3, -0.25) is 0 Å². The summed E-state index contributed by atoms with van der Waals surface area (Å²) in [5.74, 6) is -0.137. The molecule has 2 fully saturated rings. The van der Waals surface area contributed by atoms with E-state index in [1.807, 2.05) is 0 Å². The highest BCUT2D eigenvalue weighted by molar-refractivity contribution is 5.91. The maximum absolute atomic E-state index is 11.9. The third-order valence-corrected chi connectivity index (χ3v) is 5.62. The molecule has 23 heavy (non-hydrogen) atoms. The Labute approximate surface area is 139 Å². The number of hydrogen-bond donors (Lipinski definition) is 0. The lowest BCUT2D eigenvalue weighted by molar-refractivity contribution is -0.137. The summed E-state index contributed by atoms with van der Waals surface area (Å²) >= 11 is 0. The first-order chi connectivity index (χ1) is 10.9. The van der Waals surface area contributed by atoms with Crippen LogP contribution in [0, 0.1) is 5.92 Å². The Morgan fingerprint density at radius 3 is 2.78 bits per heavy atom. The second-order valence-electron chi connectivity index (χ2n) is 7.60. The number of carbonyl (C=O) groups is 1. The van der Waals surface area contributed by atoms with Crippen LogP contribution in [0.25, 0.3) is 0 Å². The van der Waals surface area contributed by atoms with Gasteiger partial charge in [0.05, 0.1) is 11.7 Å². The number of ether oxygens (including phenoxy) is 2. The summed E-state index contributed by atoms with van der Waals surface area (Å²) in [4.78, 5) is 11.9. The Morgan fingerprint density at radius 2 is 2.00 bits per heavy atom. The number of carbonyl (C=O) groups excluding carboxylic acids is 1. The molecular weight excluding hydrogens is 288 g/mol. The Bertz CT molecular complexity index is 571. The van der Waals surface area contributed by atoms with Crippen molar-refractivity contribution < 1.29 is 14.3 Å². The highest BCUT2D eigenvalue weighted by Crippen LogP contribution is 2.46. The fourth-order valence-corrected chi connectivity index (χ4v) is 3.81. The standard InChI is InChI=1S/C20H28O3/c1-13-6-5-7-14(2)12-17-16(15(3)19(21)22-17)10-11-20(4)18(23-20)9-8-13/h6,12,16-18H,3,5,7-11H2,1-2,4H3. The molecule has 2 heterocycles. The zero-order chi connectivity index (χ0) is 16.6. The summed E-state index contributed by atoms with van der Waals surface area (Å²) in [5, 5.41) is 0. The van der Waals surface area contributed by atoms with Crippen LogP contribution in [0.3, 0.4) is 0 Å². The smallest absolute Gasteiger partial charge is 0.334 e. The van der Waals surface area contributed by atoms with Gasteiger partial charge in [0.25, 0.3) is 0 Å². The Morgan fingerprint density at radius 1 is 1.22 bits per heavy atom. The van der Waals surface area contributed by atoms with Crippen molar-refractivity contribution in [2.45, 2.75) is 77.1 Å². The molecule has 2 aliphatic heterocycles. The average Bonchev–Trinajstić information content (AvgIpc) is 3.06. The summed E-state index contributed by atoms with van der Waals surface area (Å²) in [6.07, 6.45) is 10.8. The molecule has 126 valence electrons. The van der Waals surface area contributed by atoms with Crippen LogP contribution in [-0.2, 0) is 14.3 Å². The number of rotatable bonds is 0. The van der Waals surface area contributed by atoms with Gasteiger partial charge in [-0.1, -0.05) is 23.8 Å². The zero-order valence-electron chi connectivity index (χ0n) is 14.6. The predicted molar refractivity (Wildman–Crippen MR) is 91.0 cm³/mol. The summed E-state index contributed by atoms with van der Waals surface area (Å²) < 4.78 is 11.5. The minimum Gasteiger partial charge on any atom is -0.454 e. The van der Waals surface area contributed by atoms with Crippen LogP contribution in [0.2, 0.25) is 0 Å². The van der Waals surface area contributed by atoms with Gasteiger partial charge < -0.3 is 9.47 Å². The van der Waals surface area contributed by atoms with Crippen molar-refractivity contribution in [1.82, 2.24) is 0 Å². The molecule has 4 unspecified atom stereocenters. The molecule has 3 rings (SSSR count). The molecule has 0 bridgehead atoms. The Balaban J connectivity index is 1.79. The van der Waals surface area contributed by atoms with E-state index in [2.05, 4.69) is 39.5 Å². The monoisotopic (exact) mass is 316 g/mol. The van der Waals surface area contributed by atoms with Gasteiger partial charge in [0.1, 0.15) is 6.10 Å². The molecular formula is C20H28O3. The van der Waals surface area contributed by atoms with Gasteiger partial charge in [-0.2, -0.15) is 0 Å². The highest BCUT2D eigenvalue weighted by atomic mass is 16.6. The van der Waals surface area contributed by atoms with Crippen LogP contribution in [0.15, 0.2) is 35.5 Å². The van der Waals surface area contributed by atoms with Crippen LogP contribution in [0.4, 0.5) is 0 Å². The molecule has 0 aromatic rings. The van der Waals surface area contributed by atoms with Gasteiger partial charge in [-0.15, -0.1) is 0 Å². The molecule has 4 atom stereocenters. The molecule has 0 spiro atoms.